The average molecular weight is 292 g/mol. The highest BCUT2D eigenvalue weighted by atomic mass is 16.5. The number of likely N-dealkylation sites (tertiary alicyclic amines) is 1. The lowest BCUT2D eigenvalue weighted by molar-refractivity contribution is 0.193. The standard InChI is InChI=1S/C17H28N2O2/c1-14-7-10-19(11-8-14)12-9-18-13-15-5-4-6-16(20-2)17(15)21-3/h4-6,14,18H,7-13H2,1-3H3. The Hall–Kier alpha value is -1.26. The van der Waals surface area contributed by atoms with E-state index in [-0.39, 0.29) is 0 Å². The minimum absolute atomic E-state index is 0.793. The average Bonchev–Trinajstić information content (AvgIpc) is 2.52. The molecule has 118 valence electrons. The van der Waals surface area contributed by atoms with E-state index < -0.39 is 0 Å². The molecule has 1 aliphatic heterocycles. The van der Waals surface area contributed by atoms with Gasteiger partial charge in [0.1, 0.15) is 0 Å². The Balaban J connectivity index is 1.76. The number of hydrogen-bond donors (Lipinski definition) is 1. The molecule has 1 aromatic carbocycles. The smallest absolute Gasteiger partial charge is 0.165 e. The van der Waals surface area contributed by atoms with Crippen molar-refractivity contribution in [2.45, 2.75) is 26.3 Å². The Morgan fingerprint density at radius 1 is 1.19 bits per heavy atom. The summed E-state index contributed by atoms with van der Waals surface area (Å²) >= 11 is 0. The summed E-state index contributed by atoms with van der Waals surface area (Å²) in [4.78, 5) is 2.55. The molecule has 1 aromatic rings. The molecular weight excluding hydrogens is 264 g/mol. The Bertz CT molecular complexity index is 429. The van der Waals surface area contributed by atoms with Crippen LogP contribution >= 0.6 is 0 Å². The molecule has 1 fully saturated rings. The summed E-state index contributed by atoms with van der Waals surface area (Å²) in [6.07, 6.45) is 2.67. The fourth-order valence-corrected chi connectivity index (χ4v) is 2.84. The number of piperidine rings is 1. The highest BCUT2D eigenvalue weighted by molar-refractivity contribution is 5.46. The number of ether oxygens (including phenoxy) is 2. The van der Waals surface area contributed by atoms with E-state index in [0.29, 0.717) is 0 Å². The molecular formula is C17H28N2O2. The molecule has 1 N–H and O–H groups in total. The largest absolute Gasteiger partial charge is 0.493 e. The van der Waals surface area contributed by atoms with Gasteiger partial charge >= 0.3 is 0 Å². The molecule has 1 heterocycles. The van der Waals surface area contributed by atoms with Gasteiger partial charge in [0.05, 0.1) is 14.2 Å². The van der Waals surface area contributed by atoms with Crippen LogP contribution in [0.2, 0.25) is 0 Å². The molecule has 1 aliphatic rings. The third-order valence-electron chi connectivity index (χ3n) is 4.28. The fourth-order valence-electron chi connectivity index (χ4n) is 2.84. The number of nitrogens with zero attached hydrogens (tertiary/aromatic N) is 1. The molecule has 1 saturated heterocycles. The van der Waals surface area contributed by atoms with E-state index in [0.717, 1.165) is 42.6 Å². The van der Waals surface area contributed by atoms with Crippen LogP contribution in [0.25, 0.3) is 0 Å². The van der Waals surface area contributed by atoms with Crippen molar-refractivity contribution in [1.82, 2.24) is 10.2 Å². The Morgan fingerprint density at radius 2 is 1.95 bits per heavy atom. The third kappa shape index (κ3) is 4.61. The van der Waals surface area contributed by atoms with Crippen LogP contribution in [0.3, 0.4) is 0 Å². The monoisotopic (exact) mass is 292 g/mol. The van der Waals surface area contributed by atoms with E-state index in [1.54, 1.807) is 14.2 Å². The quantitative estimate of drug-likeness (QED) is 0.783. The first kappa shape index (κ1) is 16.1. The lowest BCUT2D eigenvalue weighted by Gasteiger charge is -2.30. The van der Waals surface area contributed by atoms with E-state index >= 15 is 0 Å². The number of benzene rings is 1. The summed E-state index contributed by atoms with van der Waals surface area (Å²) in [7, 11) is 3.36. The number of rotatable bonds is 7. The second-order valence-electron chi connectivity index (χ2n) is 5.85. The summed E-state index contributed by atoms with van der Waals surface area (Å²) < 4.78 is 10.8. The van der Waals surface area contributed by atoms with Gasteiger partial charge in [-0.25, -0.2) is 0 Å². The molecule has 0 bridgehead atoms. The van der Waals surface area contributed by atoms with Crippen LogP contribution in [0.1, 0.15) is 25.3 Å². The maximum Gasteiger partial charge on any atom is 0.165 e. The minimum Gasteiger partial charge on any atom is -0.493 e. The molecule has 0 spiro atoms. The summed E-state index contributed by atoms with van der Waals surface area (Å²) in [6, 6.07) is 6.01. The van der Waals surface area contributed by atoms with Crippen LogP contribution in [0, 0.1) is 5.92 Å². The van der Waals surface area contributed by atoms with Gasteiger partial charge in [0.15, 0.2) is 11.5 Å². The minimum atomic E-state index is 0.793. The van der Waals surface area contributed by atoms with Gasteiger partial charge in [-0.3, -0.25) is 0 Å². The molecule has 0 unspecified atom stereocenters. The first-order chi connectivity index (χ1) is 10.2. The molecule has 21 heavy (non-hydrogen) atoms. The zero-order valence-electron chi connectivity index (χ0n) is 13.5. The van der Waals surface area contributed by atoms with Gasteiger partial charge in [0.25, 0.3) is 0 Å². The van der Waals surface area contributed by atoms with Gasteiger partial charge in [-0.15, -0.1) is 0 Å². The molecule has 4 heteroatoms. The summed E-state index contributed by atoms with van der Waals surface area (Å²) in [5.74, 6) is 2.52. The molecule has 2 rings (SSSR count). The highest BCUT2D eigenvalue weighted by Gasteiger charge is 2.15. The van der Waals surface area contributed by atoms with Crippen molar-refractivity contribution >= 4 is 0 Å². The SMILES string of the molecule is COc1cccc(CNCCN2CCC(C)CC2)c1OC. The second-order valence-corrected chi connectivity index (χ2v) is 5.85. The number of hydrogen-bond acceptors (Lipinski definition) is 4. The molecule has 0 amide bonds. The predicted octanol–water partition coefficient (Wildman–Crippen LogP) is 2.53. The number of methoxy groups -OCH3 is 2. The van der Waals surface area contributed by atoms with Gasteiger partial charge in [0, 0.05) is 25.2 Å². The van der Waals surface area contributed by atoms with Crippen molar-refractivity contribution in [3.63, 3.8) is 0 Å². The maximum absolute atomic E-state index is 5.45. The Morgan fingerprint density at radius 3 is 2.62 bits per heavy atom. The third-order valence-corrected chi connectivity index (χ3v) is 4.28. The zero-order chi connectivity index (χ0) is 15.1. The molecule has 4 nitrogen and oxygen atoms in total. The van der Waals surface area contributed by atoms with Crippen molar-refractivity contribution in [2.24, 2.45) is 5.92 Å². The molecule has 0 saturated carbocycles. The zero-order valence-corrected chi connectivity index (χ0v) is 13.5. The topological polar surface area (TPSA) is 33.7 Å². The van der Waals surface area contributed by atoms with E-state index in [1.165, 1.54) is 25.9 Å². The van der Waals surface area contributed by atoms with E-state index in [1.807, 2.05) is 12.1 Å². The van der Waals surface area contributed by atoms with Crippen LogP contribution in [0.4, 0.5) is 0 Å². The van der Waals surface area contributed by atoms with Crippen molar-refractivity contribution in [3.8, 4) is 11.5 Å². The lowest BCUT2D eigenvalue weighted by atomic mass is 9.99. The van der Waals surface area contributed by atoms with Crippen molar-refractivity contribution < 1.29 is 9.47 Å². The van der Waals surface area contributed by atoms with Crippen LogP contribution < -0.4 is 14.8 Å². The summed E-state index contributed by atoms with van der Waals surface area (Å²) in [6.45, 7) is 7.78. The molecule has 0 atom stereocenters. The second kappa shape index (κ2) is 8.25. The van der Waals surface area contributed by atoms with Gasteiger partial charge in [0.2, 0.25) is 0 Å². The predicted molar refractivity (Wildman–Crippen MR) is 86.1 cm³/mol. The molecule has 0 aromatic heterocycles. The number of para-hydroxylation sites is 1. The first-order valence-electron chi connectivity index (χ1n) is 7.87. The molecule has 0 radical (unpaired) electrons. The fraction of sp³-hybridized carbons (Fsp3) is 0.647. The van der Waals surface area contributed by atoms with Crippen molar-refractivity contribution in [1.29, 1.82) is 0 Å². The van der Waals surface area contributed by atoms with Crippen LogP contribution in [0.5, 0.6) is 11.5 Å². The van der Waals surface area contributed by atoms with Crippen molar-refractivity contribution in [2.75, 3.05) is 40.4 Å². The Kier molecular flexibility index (Phi) is 6.33. The van der Waals surface area contributed by atoms with Crippen molar-refractivity contribution in [3.05, 3.63) is 23.8 Å². The van der Waals surface area contributed by atoms with Gasteiger partial charge in [-0.1, -0.05) is 19.1 Å². The van der Waals surface area contributed by atoms with Gasteiger partial charge in [-0.2, -0.15) is 0 Å². The van der Waals surface area contributed by atoms with Crippen LogP contribution in [0.15, 0.2) is 18.2 Å². The normalized spacial score (nSPS) is 16.9. The van der Waals surface area contributed by atoms with E-state index in [2.05, 4.69) is 23.2 Å². The lowest BCUT2D eigenvalue weighted by Crippen LogP contribution is -2.37. The first-order valence-corrected chi connectivity index (χ1v) is 7.87. The summed E-state index contributed by atoms with van der Waals surface area (Å²) in [5.41, 5.74) is 1.14. The summed E-state index contributed by atoms with van der Waals surface area (Å²) in [5, 5.41) is 3.51. The maximum atomic E-state index is 5.45. The Labute approximate surface area is 128 Å². The van der Waals surface area contributed by atoms with E-state index in [9.17, 15) is 0 Å². The van der Waals surface area contributed by atoms with Crippen LogP contribution in [-0.2, 0) is 6.54 Å². The highest BCUT2D eigenvalue weighted by Crippen LogP contribution is 2.30. The van der Waals surface area contributed by atoms with Gasteiger partial charge in [-0.05, 0) is 37.9 Å². The number of nitrogens with one attached hydrogen (secondary N) is 1. The molecule has 0 aliphatic carbocycles. The van der Waals surface area contributed by atoms with Crippen LogP contribution in [-0.4, -0.2) is 45.3 Å². The van der Waals surface area contributed by atoms with E-state index in [4.69, 9.17) is 9.47 Å². The van der Waals surface area contributed by atoms with Gasteiger partial charge < -0.3 is 19.7 Å².